The highest BCUT2D eigenvalue weighted by Gasteiger charge is 2.22. The fraction of sp³-hybridized carbons (Fsp3) is 0.235. The number of halogens is 2. The van der Waals surface area contributed by atoms with Crippen molar-refractivity contribution in [2.45, 2.75) is 30.8 Å². The van der Waals surface area contributed by atoms with Crippen molar-refractivity contribution in [3.05, 3.63) is 52.9 Å². The van der Waals surface area contributed by atoms with Crippen LogP contribution in [-0.2, 0) is 6.54 Å². The van der Waals surface area contributed by atoms with Crippen LogP contribution in [0.3, 0.4) is 0 Å². The number of aromatic nitrogens is 3. The van der Waals surface area contributed by atoms with Gasteiger partial charge in [0.05, 0.1) is 10.1 Å². The quantitative estimate of drug-likeness (QED) is 0.461. The van der Waals surface area contributed by atoms with Gasteiger partial charge in [0.1, 0.15) is 0 Å². The summed E-state index contributed by atoms with van der Waals surface area (Å²) in [4.78, 5) is 13.5. The summed E-state index contributed by atoms with van der Waals surface area (Å²) in [6, 6.07) is 7.08. The highest BCUT2D eigenvalue weighted by Crippen LogP contribution is 2.30. The number of thioether (sulfide) groups is 1. The van der Waals surface area contributed by atoms with E-state index in [2.05, 4.69) is 10.2 Å². The molecule has 0 spiro atoms. The molecule has 25 heavy (non-hydrogen) atoms. The molecule has 8 heteroatoms. The first-order valence-electron chi connectivity index (χ1n) is 7.64. The molecule has 0 radical (unpaired) electrons. The van der Waals surface area contributed by atoms with E-state index in [1.54, 1.807) is 18.3 Å². The molecule has 130 valence electrons. The molecule has 0 aliphatic carbocycles. The highest BCUT2D eigenvalue weighted by molar-refractivity contribution is 8.00. The number of ketones is 1. The van der Waals surface area contributed by atoms with Gasteiger partial charge < -0.3 is 4.57 Å². The summed E-state index contributed by atoms with van der Waals surface area (Å²) < 4.78 is 28.3. The molecule has 2 heterocycles. The number of rotatable bonds is 6. The molecule has 0 aliphatic rings. The third-order valence-electron chi connectivity index (χ3n) is 3.63. The van der Waals surface area contributed by atoms with Crippen LogP contribution in [0.5, 0.6) is 0 Å². The lowest BCUT2D eigenvalue weighted by Gasteiger charge is -2.11. The smallest absolute Gasteiger partial charge is 0.192 e. The van der Waals surface area contributed by atoms with E-state index in [1.807, 2.05) is 29.0 Å². The maximum Gasteiger partial charge on any atom is 0.192 e. The van der Waals surface area contributed by atoms with Crippen LogP contribution in [0, 0.1) is 11.6 Å². The molecule has 0 saturated heterocycles. The first kappa shape index (κ1) is 17.8. The summed E-state index contributed by atoms with van der Waals surface area (Å²) in [5.41, 5.74) is 0.139. The largest absolute Gasteiger partial charge is 0.302 e. The number of Topliss-reactive ketones (excluding diaryl/α,β-unsaturated/α-hetero) is 1. The summed E-state index contributed by atoms with van der Waals surface area (Å²) in [5.74, 6) is -1.53. The van der Waals surface area contributed by atoms with Gasteiger partial charge in [-0.25, -0.2) is 8.78 Å². The first-order valence-corrected chi connectivity index (χ1v) is 9.40. The Balaban J connectivity index is 1.82. The Kier molecular flexibility index (Phi) is 5.29. The van der Waals surface area contributed by atoms with E-state index in [9.17, 15) is 13.6 Å². The van der Waals surface area contributed by atoms with Crippen molar-refractivity contribution >= 4 is 28.9 Å². The van der Waals surface area contributed by atoms with E-state index in [1.165, 1.54) is 17.8 Å². The predicted octanol–water partition coefficient (Wildman–Crippen LogP) is 4.67. The molecule has 4 nitrogen and oxygen atoms in total. The van der Waals surface area contributed by atoms with Gasteiger partial charge in [-0.05, 0) is 43.5 Å². The topological polar surface area (TPSA) is 47.8 Å². The second-order valence-corrected chi connectivity index (χ2v) is 7.54. The lowest BCUT2D eigenvalue weighted by molar-refractivity contribution is 0.0993. The van der Waals surface area contributed by atoms with Crippen molar-refractivity contribution in [3.63, 3.8) is 0 Å². The van der Waals surface area contributed by atoms with Gasteiger partial charge in [-0.15, -0.1) is 21.5 Å². The third-order valence-corrected chi connectivity index (χ3v) is 5.58. The zero-order valence-electron chi connectivity index (χ0n) is 13.6. The number of nitrogens with zero attached hydrogens (tertiary/aromatic N) is 3. The number of carbonyl (C=O) groups excluding carboxylic acids is 1. The SMILES string of the molecule is CCn1c(SC(C)C(=O)c2ccc(F)c(F)c2)nnc1-c1cccs1. The fourth-order valence-corrected chi connectivity index (χ4v) is 4.05. The molecule has 0 N–H and O–H groups in total. The Morgan fingerprint density at radius 2 is 2.08 bits per heavy atom. The van der Waals surface area contributed by atoms with Gasteiger partial charge in [0.15, 0.2) is 28.4 Å². The van der Waals surface area contributed by atoms with E-state index < -0.39 is 16.9 Å². The number of hydrogen-bond acceptors (Lipinski definition) is 5. The minimum atomic E-state index is -1.03. The summed E-state index contributed by atoms with van der Waals surface area (Å²) in [5, 5.41) is 10.5. The van der Waals surface area contributed by atoms with E-state index in [4.69, 9.17) is 0 Å². The molecule has 3 aromatic rings. The summed E-state index contributed by atoms with van der Waals surface area (Å²) in [6.45, 7) is 4.36. The first-order chi connectivity index (χ1) is 12.0. The van der Waals surface area contributed by atoms with Crippen molar-refractivity contribution in [1.29, 1.82) is 0 Å². The van der Waals surface area contributed by atoms with Gasteiger partial charge in [-0.3, -0.25) is 4.79 Å². The Morgan fingerprint density at radius 3 is 2.72 bits per heavy atom. The molecule has 0 bridgehead atoms. The van der Waals surface area contributed by atoms with Crippen LogP contribution in [0.15, 0.2) is 40.9 Å². The van der Waals surface area contributed by atoms with Crippen LogP contribution in [0.1, 0.15) is 24.2 Å². The molecule has 1 aromatic carbocycles. The van der Waals surface area contributed by atoms with E-state index >= 15 is 0 Å². The minimum absolute atomic E-state index is 0.139. The Morgan fingerprint density at radius 1 is 1.28 bits per heavy atom. The van der Waals surface area contributed by atoms with Gasteiger partial charge in [-0.2, -0.15) is 0 Å². The van der Waals surface area contributed by atoms with Crippen molar-refractivity contribution in [2.75, 3.05) is 0 Å². The molecule has 1 unspecified atom stereocenters. The van der Waals surface area contributed by atoms with Gasteiger partial charge in [-0.1, -0.05) is 17.8 Å². The Bertz CT molecular complexity index is 893. The van der Waals surface area contributed by atoms with E-state index in [-0.39, 0.29) is 11.3 Å². The van der Waals surface area contributed by atoms with Crippen LogP contribution in [0.25, 0.3) is 10.7 Å². The van der Waals surface area contributed by atoms with Crippen LogP contribution >= 0.6 is 23.1 Å². The average molecular weight is 379 g/mol. The van der Waals surface area contributed by atoms with Crippen molar-refractivity contribution < 1.29 is 13.6 Å². The van der Waals surface area contributed by atoms with E-state index in [0.717, 1.165) is 22.8 Å². The Labute approximate surface area is 151 Å². The van der Waals surface area contributed by atoms with Crippen molar-refractivity contribution in [3.8, 4) is 10.7 Å². The molecule has 3 rings (SSSR count). The zero-order chi connectivity index (χ0) is 18.0. The van der Waals surface area contributed by atoms with E-state index in [0.29, 0.717) is 11.7 Å². The van der Waals surface area contributed by atoms with Crippen LogP contribution in [0.4, 0.5) is 8.78 Å². The van der Waals surface area contributed by atoms with Gasteiger partial charge in [0, 0.05) is 12.1 Å². The Hall–Kier alpha value is -2.06. The second kappa shape index (κ2) is 7.45. The molecular weight excluding hydrogens is 364 g/mol. The molecule has 0 saturated carbocycles. The monoisotopic (exact) mass is 379 g/mol. The fourth-order valence-electron chi connectivity index (χ4n) is 2.34. The number of hydrogen-bond donors (Lipinski definition) is 0. The standard InChI is InChI=1S/C17H15F2N3OS2/c1-3-22-16(14-5-4-8-24-14)20-21-17(22)25-10(2)15(23)11-6-7-12(18)13(19)9-11/h4-10H,3H2,1-2H3. The molecule has 0 aliphatic heterocycles. The number of benzene rings is 1. The van der Waals surface area contributed by atoms with Crippen molar-refractivity contribution in [1.82, 2.24) is 14.8 Å². The van der Waals surface area contributed by atoms with Crippen LogP contribution in [0.2, 0.25) is 0 Å². The normalized spacial score (nSPS) is 12.3. The lowest BCUT2D eigenvalue weighted by Crippen LogP contribution is -2.15. The summed E-state index contributed by atoms with van der Waals surface area (Å²) >= 11 is 2.82. The van der Waals surface area contributed by atoms with Crippen LogP contribution in [-0.4, -0.2) is 25.8 Å². The molecule has 1 atom stereocenters. The lowest BCUT2D eigenvalue weighted by atomic mass is 10.1. The van der Waals surface area contributed by atoms with Crippen LogP contribution < -0.4 is 0 Å². The second-order valence-electron chi connectivity index (χ2n) is 5.28. The highest BCUT2D eigenvalue weighted by atomic mass is 32.2. The summed E-state index contributed by atoms with van der Waals surface area (Å²) in [6.07, 6.45) is 0. The average Bonchev–Trinajstić information content (AvgIpc) is 3.25. The summed E-state index contributed by atoms with van der Waals surface area (Å²) in [7, 11) is 0. The van der Waals surface area contributed by atoms with Gasteiger partial charge in [0.25, 0.3) is 0 Å². The predicted molar refractivity (Wildman–Crippen MR) is 95.0 cm³/mol. The van der Waals surface area contributed by atoms with Gasteiger partial charge in [0.2, 0.25) is 0 Å². The maximum atomic E-state index is 13.3. The molecule has 0 amide bonds. The van der Waals surface area contributed by atoms with Gasteiger partial charge >= 0.3 is 0 Å². The zero-order valence-corrected chi connectivity index (χ0v) is 15.2. The van der Waals surface area contributed by atoms with Crippen molar-refractivity contribution in [2.24, 2.45) is 0 Å². The minimum Gasteiger partial charge on any atom is -0.302 e. The maximum absolute atomic E-state index is 13.3. The number of thiophene rings is 1. The molecular formula is C17H15F2N3OS2. The number of carbonyl (C=O) groups is 1. The third kappa shape index (κ3) is 3.64. The molecule has 2 aromatic heterocycles. The molecule has 0 fully saturated rings.